The molecule has 100 valence electrons. The number of hydrogen-bond donors (Lipinski definition) is 1. The summed E-state index contributed by atoms with van der Waals surface area (Å²) in [5.74, 6) is -1.04. The second-order valence-electron chi connectivity index (χ2n) is 3.53. The second-order valence-corrected chi connectivity index (χ2v) is 6.92. The lowest BCUT2D eigenvalue weighted by Crippen LogP contribution is -2.16. The highest BCUT2D eigenvalue weighted by Crippen LogP contribution is 2.23. The lowest BCUT2D eigenvalue weighted by atomic mass is 10.2. The van der Waals surface area contributed by atoms with Crippen LogP contribution in [0, 0.1) is 0 Å². The maximum absolute atomic E-state index is 11.3. The van der Waals surface area contributed by atoms with Gasteiger partial charge < -0.3 is 9.84 Å². The summed E-state index contributed by atoms with van der Waals surface area (Å²) in [6, 6.07) is 4.54. The molecule has 5 nitrogen and oxygen atoms in total. The summed E-state index contributed by atoms with van der Waals surface area (Å²) in [5, 5.41) is 8.98. The molecule has 1 aromatic rings. The van der Waals surface area contributed by atoms with Gasteiger partial charge in [-0.3, -0.25) is 0 Å². The summed E-state index contributed by atoms with van der Waals surface area (Å²) < 4.78 is 28.3. The van der Waals surface area contributed by atoms with E-state index in [2.05, 4.69) is 15.9 Å². The molecule has 7 heteroatoms. The predicted octanol–water partition coefficient (Wildman–Crippen LogP) is 1.96. The van der Waals surface area contributed by atoms with Gasteiger partial charge in [0.05, 0.1) is 5.75 Å². The Morgan fingerprint density at radius 3 is 2.67 bits per heavy atom. The molecule has 0 saturated carbocycles. The molecule has 1 aromatic carbocycles. The van der Waals surface area contributed by atoms with E-state index in [0.29, 0.717) is 4.47 Å². The van der Waals surface area contributed by atoms with E-state index in [0.717, 1.165) is 0 Å². The number of aromatic carboxylic acids is 1. The summed E-state index contributed by atoms with van der Waals surface area (Å²) in [6.07, 6.45) is 0. The number of ether oxygens (including phenoxy) is 1. The van der Waals surface area contributed by atoms with E-state index < -0.39 is 15.8 Å². The molecule has 0 aliphatic rings. The largest absolute Gasteiger partial charge is 0.492 e. The number of carboxylic acids is 1. The molecule has 0 spiro atoms. The predicted molar refractivity (Wildman–Crippen MR) is 70.9 cm³/mol. The molecule has 0 aliphatic carbocycles. The summed E-state index contributed by atoms with van der Waals surface area (Å²) in [5.41, 5.74) is -0.00160. The Balaban J connectivity index is 2.77. The van der Waals surface area contributed by atoms with Crippen molar-refractivity contribution in [3.63, 3.8) is 0 Å². The maximum atomic E-state index is 11.3. The van der Waals surface area contributed by atoms with Crippen LogP contribution >= 0.6 is 15.9 Å². The molecule has 1 rings (SSSR count). The van der Waals surface area contributed by atoms with Crippen molar-refractivity contribution in [2.24, 2.45) is 0 Å². The number of halogens is 1. The number of rotatable bonds is 6. The maximum Gasteiger partial charge on any atom is 0.339 e. The topological polar surface area (TPSA) is 80.7 Å². The van der Waals surface area contributed by atoms with Gasteiger partial charge in [0, 0.05) is 10.2 Å². The van der Waals surface area contributed by atoms with E-state index in [-0.39, 0.29) is 29.4 Å². The van der Waals surface area contributed by atoms with Crippen molar-refractivity contribution in [1.29, 1.82) is 0 Å². The van der Waals surface area contributed by atoms with E-state index in [9.17, 15) is 13.2 Å². The number of sulfone groups is 1. The Morgan fingerprint density at radius 2 is 2.11 bits per heavy atom. The van der Waals surface area contributed by atoms with Crippen LogP contribution in [0.15, 0.2) is 22.7 Å². The molecule has 0 amide bonds. The molecule has 0 bridgehead atoms. The fraction of sp³-hybridized carbons (Fsp3) is 0.364. The molecule has 0 unspecified atom stereocenters. The first-order valence-electron chi connectivity index (χ1n) is 5.22. The van der Waals surface area contributed by atoms with Crippen LogP contribution in [0.4, 0.5) is 0 Å². The first-order chi connectivity index (χ1) is 8.35. The third-order valence-electron chi connectivity index (χ3n) is 2.26. The Morgan fingerprint density at radius 1 is 1.44 bits per heavy atom. The molecular formula is C11H13BrO5S. The monoisotopic (exact) mass is 336 g/mol. The van der Waals surface area contributed by atoms with Crippen molar-refractivity contribution in [3.8, 4) is 5.75 Å². The Hall–Kier alpha value is -1.08. The van der Waals surface area contributed by atoms with Crippen molar-refractivity contribution >= 4 is 31.7 Å². The van der Waals surface area contributed by atoms with Crippen molar-refractivity contribution in [3.05, 3.63) is 28.2 Å². The molecule has 0 atom stereocenters. The summed E-state index contributed by atoms with van der Waals surface area (Å²) in [4.78, 5) is 11.0. The zero-order valence-electron chi connectivity index (χ0n) is 9.72. The van der Waals surface area contributed by atoms with E-state index >= 15 is 0 Å². The van der Waals surface area contributed by atoms with Crippen LogP contribution in [0.2, 0.25) is 0 Å². The molecular weight excluding hydrogens is 324 g/mol. The third kappa shape index (κ3) is 4.30. The lowest BCUT2D eigenvalue weighted by Gasteiger charge is -2.09. The highest BCUT2D eigenvalue weighted by atomic mass is 79.9. The van der Waals surface area contributed by atoms with Crippen LogP contribution in [0.1, 0.15) is 17.3 Å². The molecule has 18 heavy (non-hydrogen) atoms. The molecule has 0 heterocycles. The SMILES string of the molecule is CCS(=O)(=O)CCOc1ccc(Br)cc1C(=O)O. The molecule has 0 saturated heterocycles. The summed E-state index contributed by atoms with van der Waals surface area (Å²) >= 11 is 3.16. The van der Waals surface area contributed by atoms with Gasteiger partial charge in [-0.1, -0.05) is 22.9 Å². The number of benzene rings is 1. The minimum Gasteiger partial charge on any atom is -0.492 e. The quantitative estimate of drug-likeness (QED) is 0.858. The number of carboxylic acid groups (broad SMARTS) is 1. The average Bonchev–Trinajstić information content (AvgIpc) is 2.30. The van der Waals surface area contributed by atoms with Gasteiger partial charge in [-0.15, -0.1) is 0 Å². The van der Waals surface area contributed by atoms with Gasteiger partial charge in [-0.25, -0.2) is 13.2 Å². The Labute approximate surface area is 114 Å². The lowest BCUT2D eigenvalue weighted by molar-refractivity contribution is 0.0692. The Bertz CT molecular complexity index is 538. The zero-order valence-corrected chi connectivity index (χ0v) is 12.1. The van der Waals surface area contributed by atoms with Gasteiger partial charge in [0.1, 0.15) is 17.9 Å². The van der Waals surface area contributed by atoms with E-state index in [1.165, 1.54) is 12.1 Å². The minimum atomic E-state index is -3.11. The first kappa shape index (κ1) is 15.0. The van der Waals surface area contributed by atoms with E-state index in [4.69, 9.17) is 9.84 Å². The average molecular weight is 337 g/mol. The molecule has 1 N–H and O–H groups in total. The van der Waals surface area contributed by atoms with Gasteiger partial charge in [0.25, 0.3) is 0 Å². The third-order valence-corrected chi connectivity index (χ3v) is 4.43. The molecule has 0 radical (unpaired) electrons. The van der Waals surface area contributed by atoms with Gasteiger partial charge in [0.2, 0.25) is 0 Å². The normalized spacial score (nSPS) is 11.2. The van der Waals surface area contributed by atoms with Crippen molar-refractivity contribution in [2.45, 2.75) is 6.92 Å². The first-order valence-corrected chi connectivity index (χ1v) is 7.83. The fourth-order valence-electron chi connectivity index (χ4n) is 1.22. The summed E-state index contributed by atoms with van der Waals surface area (Å²) in [7, 11) is -3.11. The van der Waals surface area contributed by atoms with Crippen LogP contribution in [0.3, 0.4) is 0 Å². The number of hydrogen-bond acceptors (Lipinski definition) is 4. The minimum absolute atomic E-state index is 0.00160. The van der Waals surface area contributed by atoms with Gasteiger partial charge in [0.15, 0.2) is 9.84 Å². The smallest absolute Gasteiger partial charge is 0.339 e. The van der Waals surface area contributed by atoms with E-state index in [1.54, 1.807) is 13.0 Å². The highest BCUT2D eigenvalue weighted by Gasteiger charge is 2.13. The summed E-state index contributed by atoms with van der Waals surface area (Å²) in [6.45, 7) is 1.50. The van der Waals surface area contributed by atoms with Crippen LogP contribution in [-0.4, -0.2) is 37.6 Å². The van der Waals surface area contributed by atoms with Crippen LogP contribution in [0.5, 0.6) is 5.75 Å². The molecule has 0 fully saturated rings. The van der Waals surface area contributed by atoms with Crippen molar-refractivity contribution in [1.82, 2.24) is 0 Å². The van der Waals surface area contributed by atoms with Crippen LogP contribution in [0.25, 0.3) is 0 Å². The second kappa shape index (κ2) is 6.19. The van der Waals surface area contributed by atoms with Crippen molar-refractivity contribution in [2.75, 3.05) is 18.1 Å². The highest BCUT2D eigenvalue weighted by molar-refractivity contribution is 9.10. The molecule has 0 aliphatic heterocycles. The van der Waals surface area contributed by atoms with E-state index in [1.807, 2.05) is 0 Å². The standard InChI is InChI=1S/C11H13BrO5S/c1-2-18(15,16)6-5-17-10-4-3-8(12)7-9(10)11(13)14/h3-4,7H,2,5-6H2,1H3,(H,13,14). The van der Waals surface area contributed by atoms with Crippen molar-refractivity contribution < 1.29 is 23.1 Å². The Kier molecular flexibility index (Phi) is 5.15. The van der Waals surface area contributed by atoms with Crippen LogP contribution < -0.4 is 4.74 Å². The van der Waals surface area contributed by atoms with Crippen LogP contribution in [-0.2, 0) is 9.84 Å². The molecule has 0 aromatic heterocycles. The fourth-order valence-corrected chi connectivity index (χ4v) is 2.21. The van der Waals surface area contributed by atoms with Gasteiger partial charge in [-0.05, 0) is 18.2 Å². The van der Waals surface area contributed by atoms with Gasteiger partial charge in [-0.2, -0.15) is 0 Å². The zero-order chi connectivity index (χ0) is 13.8. The number of carbonyl (C=O) groups is 1. The van der Waals surface area contributed by atoms with Gasteiger partial charge >= 0.3 is 5.97 Å².